The summed E-state index contributed by atoms with van der Waals surface area (Å²) in [7, 11) is 0. The first kappa shape index (κ1) is 15.5. The van der Waals surface area contributed by atoms with E-state index >= 15 is 0 Å². The first-order valence-corrected chi connectivity index (χ1v) is 7.64. The number of hydrogen-bond donors (Lipinski definition) is 0. The first-order chi connectivity index (χ1) is 10.2. The standard InChI is InChI=1S/C16H23N2O3/c1-2-3-4-13-21-16(20)18-11-9-17(10-12-18)14-5-7-15(19)8-6-14/h5-8H,2-4,9-13H2,1H3. The number of rotatable bonds is 5. The summed E-state index contributed by atoms with van der Waals surface area (Å²) in [6, 6.07) is 6.82. The Morgan fingerprint density at radius 1 is 1.10 bits per heavy atom. The summed E-state index contributed by atoms with van der Waals surface area (Å²) in [5, 5.41) is 11.1. The number of unbranched alkanes of at least 4 members (excludes halogenated alkanes) is 2. The maximum atomic E-state index is 11.9. The lowest BCUT2D eigenvalue weighted by Crippen LogP contribution is -2.49. The highest BCUT2D eigenvalue weighted by atomic mass is 16.6. The van der Waals surface area contributed by atoms with Crippen LogP contribution in [0.25, 0.3) is 0 Å². The third kappa shape index (κ3) is 4.55. The molecule has 5 heteroatoms. The molecule has 0 saturated carbocycles. The summed E-state index contributed by atoms with van der Waals surface area (Å²) in [5.74, 6) is 0.0213. The minimum absolute atomic E-state index is 0.0213. The number of carbonyl (C=O) groups excluding carboxylic acids is 1. The van der Waals surface area contributed by atoms with Gasteiger partial charge in [0.2, 0.25) is 0 Å². The van der Waals surface area contributed by atoms with E-state index in [0.717, 1.165) is 38.0 Å². The zero-order valence-corrected chi connectivity index (χ0v) is 12.6. The average molecular weight is 291 g/mol. The van der Waals surface area contributed by atoms with Gasteiger partial charge in [-0.05, 0) is 30.7 Å². The van der Waals surface area contributed by atoms with Crippen LogP contribution in [0, 0.1) is 0 Å². The van der Waals surface area contributed by atoms with Gasteiger partial charge >= 0.3 is 6.09 Å². The van der Waals surface area contributed by atoms with Crippen LogP contribution in [-0.2, 0) is 9.84 Å². The minimum Gasteiger partial charge on any atom is -0.449 e. The highest BCUT2D eigenvalue weighted by Gasteiger charge is 2.22. The fraction of sp³-hybridized carbons (Fsp3) is 0.562. The van der Waals surface area contributed by atoms with Crippen LogP contribution in [0.2, 0.25) is 0 Å². The number of carbonyl (C=O) groups is 1. The normalized spacial score (nSPS) is 15.1. The molecule has 1 aromatic rings. The lowest BCUT2D eigenvalue weighted by atomic mass is 10.2. The van der Waals surface area contributed by atoms with Crippen LogP contribution in [0.5, 0.6) is 5.75 Å². The number of ether oxygens (including phenoxy) is 1. The van der Waals surface area contributed by atoms with Crippen LogP contribution in [0.4, 0.5) is 10.5 Å². The molecular formula is C16H23N2O3. The molecule has 0 N–H and O–H groups in total. The maximum absolute atomic E-state index is 11.9. The molecule has 115 valence electrons. The quantitative estimate of drug-likeness (QED) is 0.782. The van der Waals surface area contributed by atoms with E-state index in [-0.39, 0.29) is 11.8 Å². The Bertz CT molecular complexity index is 439. The Morgan fingerprint density at radius 2 is 1.76 bits per heavy atom. The van der Waals surface area contributed by atoms with Crippen LogP contribution in [0.1, 0.15) is 26.2 Å². The summed E-state index contributed by atoms with van der Waals surface area (Å²) < 4.78 is 5.27. The Hall–Kier alpha value is -1.91. The van der Waals surface area contributed by atoms with Crippen molar-refractivity contribution in [3.8, 4) is 5.75 Å². The van der Waals surface area contributed by atoms with Crippen molar-refractivity contribution in [1.82, 2.24) is 4.90 Å². The molecule has 2 rings (SSSR count). The topological polar surface area (TPSA) is 52.7 Å². The van der Waals surface area contributed by atoms with Gasteiger partial charge < -0.3 is 14.5 Å². The van der Waals surface area contributed by atoms with E-state index < -0.39 is 0 Å². The monoisotopic (exact) mass is 291 g/mol. The van der Waals surface area contributed by atoms with E-state index in [0.29, 0.717) is 19.7 Å². The molecule has 1 heterocycles. The SMILES string of the molecule is CCCCCOC(=O)N1CCN(c2ccc([O])cc2)CC1. The molecule has 0 unspecified atom stereocenters. The number of hydrogen-bond acceptors (Lipinski definition) is 3. The molecule has 1 amide bonds. The molecule has 21 heavy (non-hydrogen) atoms. The molecule has 1 aliphatic heterocycles. The third-order valence-electron chi connectivity index (χ3n) is 3.71. The predicted octanol–water partition coefficient (Wildman–Crippen LogP) is 3.28. The van der Waals surface area contributed by atoms with Gasteiger partial charge in [0, 0.05) is 31.9 Å². The van der Waals surface area contributed by atoms with E-state index in [1.807, 2.05) is 12.1 Å². The zero-order valence-electron chi connectivity index (χ0n) is 12.6. The lowest BCUT2D eigenvalue weighted by molar-refractivity contribution is 0.0986. The van der Waals surface area contributed by atoms with Gasteiger partial charge in [-0.15, -0.1) is 0 Å². The van der Waals surface area contributed by atoms with Gasteiger partial charge in [-0.1, -0.05) is 19.8 Å². The highest BCUT2D eigenvalue weighted by molar-refractivity contribution is 5.68. The van der Waals surface area contributed by atoms with Crippen molar-refractivity contribution in [2.24, 2.45) is 0 Å². The molecule has 5 nitrogen and oxygen atoms in total. The van der Waals surface area contributed by atoms with Crippen molar-refractivity contribution in [1.29, 1.82) is 0 Å². The smallest absolute Gasteiger partial charge is 0.409 e. The molecule has 1 aromatic carbocycles. The summed E-state index contributed by atoms with van der Waals surface area (Å²) >= 11 is 0. The summed E-state index contributed by atoms with van der Waals surface area (Å²) in [6.07, 6.45) is 2.94. The molecule has 1 aliphatic rings. The van der Waals surface area contributed by atoms with Crippen molar-refractivity contribution >= 4 is 11.8 Å². The fourth-order valence-corrected chi connectivity index (χ4v) is 2.41. The van der Waals surface area contributed by atoms with Crippen molar-refractivity contribution in [3.63, 3.8) is 0 Å². The molecule has 1 radical (unpaired) electrons. The van der Waals surface area contributed by atoms with Gasteiger partial charge in [-0.25, -0.2) is 4.79 Å². The minimum atomic E-state index is -0.208. The van der Waals surface area contributed by atoms with Crippen molar-refractivity contribution in [3.05, 3.63) is 24.3 Å². The van der Waals surface area contributed by atoms with Crippen LogP contribution in [0.3, 0.4) is 0 Å². The predicted molar refractivity (Wildman–Crippen MR) is 81.2 cm³/mol. The van der Waals surface area contributed by atoms with Crippen LogP contribution in [-0.4, -0.2) is 43.8 Å². The van der Waals surface area contributed by atoms with Gasteiger partial charge in [-0.3, -0.25) is 5.11 Å². The van der Waals surface area contributed by atoms with E-state index in [2.05, 4.69) is 11.8 Å². The second-order valence-electron chi connectivity index (χ2n) is 5.29. The molecule has 0 spiro atoms. The Labute approximate surface area is 126 Å². The van der Waals surface area contributed by atoms with Crippen LogP contribution < -0.4 is 4.90 Å². The number of amides is 1. The van der Waals surface area contributed by atoms with Gasteiger partial charge in [0.15, 0.2) is 5.75 Å². The number of benzene rings is 1. The highest BCUT2D eigenvalue weighted by Crippen LogP contribution is 2.20. The maximum Gasteiger partial charge on any atom is 0.409 e. The van der Waals surface area contributed by atoms with Crippen LogP contribution in [0.15, 0.2) is 24.3 Å². The Morgan fingerprint density at radius 3 is 2.38 bits per heavy atom. The van der Waals surface area contributed by atoms with E-state index in [9.17, 15) is 9.90 Å². The number of piperazine rings is 1. The summed E-state index contributed by atoms with van der Waals surface area (Å²) in [5.41, 5.74) is 1.03. The van der Waals surface area contributed by atoms with Crippen molar-refractivity contribution < 1.29 is 14.6 Å². The fourth-order valence-electron chi connectivity index (χ4n) is 2.41. The Kier molecular flexibility index (Phi) is 5.72. The van der Waals surface area contributed by atoms with Crippen molar-refractivity contribution in [2.75, 3.05) is 37.7 Å². The zero-order chi connectivity index (χ0) is 15.1. The summed E-state index contributed by atoms with van der Waals surface area (Å²) in [6.45, 7) is 5.49. The second kappa shape index (κ2) is 7.76. The Balaban J connectivity index is 1.75. The van der Waals surface area contributed by atoms with Crippen LogP contribution >= 0.6 is 0 Å². The molecule has 0 aromatic heterocycles. The molecule has 0 aliphatic carbocycles. The largest absolute Gasteiger partial charge is 0.449 e. The van der Waals surface area contributed by atoms with E-state index in [1.165, 1.54) is 0 Å². The van der Waals surface area contributed by atoms with Gasteiger partial charge in [0.05, 0.1) is 6.61 Å². The molecule has 1 fully saturated rings. The summed E-state index contributed by atoms with van der Waals surface area (Å²) in [4.78, 5) is 15.8. The van der Waals surface area contributed by atoms with E-state index in [4.69, 9.17) is 4.74 Å². The average Bonchev–Trinajstić information content (AvgIpc) is 2.52. The van der Waals surface area contributed by atoms with Gasteiger partial charge in [0.25, 0.3) is 0 Å². The lowest BCUT2D eigenvalue weighted by Gasteiger charge is -2.35. The van der Waals surface area contributed by atoms with Gasteiger partial charge in [-0.2, -0.15) is 0 Å². The third-order valence-corrected chi connectivity index (χ3v) is 3.71. The molecule has 0 atom stereocenters. The molecular weight excluding hydrogens is 268 g/mol. The van der Waals surface area contributed by atoms with Gasteiger partial charge in [0.1, 0.15) is 0 Å². The van der Waals surface area contributed by atoms with Crippen molar-refractivity contribution in [2.45, 2.75) is 26.2 Å². The number of nitrogens with zero attached hydrogens (tertiary/aromatic N) is 2. The number of anilines is 1. The molecule has 1 saturated heterocycles. The molecule has 0 bridgehead atoms. The van der Waals surface area contributed by atoms with E-state index in [1.54, 1.807) is 17.0 Å². The second-order valence-corrected chi connectivity index (χ2v) is 5.29. The first-order valence-electron chi connectivity index (χ1n) is 7.64.